The topological polar surface area (TPSA) is 65.6 Å². The predicted octanol–water partition coefficient (Wildman–Crippen LogP) is 5.78. The van der Waals surface area contributed by atoms with E-state index in [1.165, 1.54) is 0 Å². The Hall–Kier alpha value is -4.26. The number of anilines is 2. The Labute approximate surface area is 198 Å². The number of imidazole rings is 1. The molecular weight excluding hydrogens is 426 g/mol. The number of ether oxygens (including phenoxy) is 2. The van der Waals surface area contributed by atoms with Gasteiger partial charge in [0.1, 0.15) is 11.5 Å². The third-order valence-corrected chi connectivity index (χ3v) is 6.02. The van der Waals surface area contributed by atoms with Crippen molar-refractivity contribution in [3.05, 3.63) is 78.4 Å². The number of nitrogens with one attached hydrogen (secondary N) is 1. The van der Waals surface area contributed by atoms with Gasteiger partial charge in [-0.3, -0.25) is 4.68 Å². The van der Waals surface area contributed by atoms with Crippen molar-refractivity contribution in [2.75, 3.05) is 19.5 Å². The molecule has 5 aromatic rings. The molecule has 0 aliphatic rings. The summed E-state index contributed by atoms with van der Waals surface area (Å²) in [4.78, 5) is 4.98. The molecule has 0 saturated carbocycles. The molecule has 0 spiro atoms. The normalized spacial score (nSPS) is 11.1. The highest BCUT2D eigenvalue weighted by molar-refractivity contribution is 5.81. The summed E-state index contributed by atoms with van der Waals surface area (Å²) in [5, 5.41) is 7.99. The van der Waals surface area contributed by atoms with Gasteiger partial charge in [-0.2, -0.15) is 5.10 Å². The summed E-state index contributed by atoms with van der Waals surface area (Å²) in [5.74, 6) is 1.59. The van der Waals surface area contributed by atoms with Gasteiger partial charge in [0.2, 0.25) is 0 Å². The van der Waals surface area contributed by atoms with Gasteiger partial charge in [-0.15, -0.1) is 0 Å². The van der Waals surface area contributed by atoms with E-state index >= 15 is 0 Å². The van der Waals surface area contributed by atoms with Crippen LogP contribution in [0.25, 0.3) is 28.0 Å². The first-order chi connectivity index (χ1) is 16.5. The number of nitrogens with zero attached hydrogens (tertiary/aromatic N) is 4. The molecule has 0 radical (unpaired) electrons. The minimum absolute atomic E-state index is 0.782. The minimum atomic E-state index is 0.782. The maximum absolute atomic E-state index is 5.72. The van der Waals surface area contributed by atoms with Crippen molar-refractivity contribution in [2.45, 2.75) is 13.8 Å². The molecule has 1 N–H and O–H groups in total. The van der Waals surface area contributed by atoms with Crippen LogP contribution < -0.4 is 14.8 Å². The second kappa shape index (κ2) is 8.59. The lowest BCUT2D eigenvalue weighted by atomic mass is 10.1. The molecule has 5 rings (SSSR count). The summed E-state index contributed by atoms with van der Waals surface area (Å²) in [6, 6.07) is 18.1. The number of benzene rings is 2. The summed E-state index contributed by atoms with van der Waals surface area (Å²) >= 11 is 0. The minimum Gasteiger partial charge on any atom is -0.497 e. The number of rotatable bonds is 6. The van der Waals surface area contributed by atoms with E-state index in [2.05, 4.69) is 33.9 Å². The fourth-order valence-corrected chi connectivity index (χ4v) is 4.34. The zero-order valence-corrected chi connectivity index (χ0v) is 20.0. The average Bonchev–Trinajstić information content (AvgIpc) is 3.37. The number of fused-ring (bicyclic) bond motifs is 1. The van der Waals surface area contributed by atoms with Crippen LogP contribution >= 0.6 is 0 Å². The van der Waals surface area contributed by atoms with E-state index in [0.29, 0.717) is 0 Å². The van der Waals surface area contributed by atoms with Crippen LogP contribution in [0.15, 0.2) is 67.0 Å². The fraction of sp³-hybridized carbons (Fsp3) is 0.185. The van der Waals surface area contributed by atoms with Crippen LogP contribution in [0.1, 0.15) is 11.4 Å². The summed E-state index contributed by atoms with van der Waals surface area (Å²) in [5.41, 5.74) is 8.71. The highest BCUT2D eigenvalue weighted by Crippen LogP contribution is 2.36. The van der Waals surface area contributed by atoms with Gasteiger partial charge in [0.25, 0.3) is 0 Å². The van der Waals surface area contributed by atoms with Crippen LogP contribution in [-0.2, 0) is 7.05 Å². The Morgan fingerprint density at radius 1 is 0.912 bits per heavy atom. The molecule has 0 saturated heterocycles. The summed E-state index contributed by atoms with van der Waals surface area (Å²) in [7, 11) is 5.28. The summed E-state index contributed by atoms with van der Waals surface area (Å²) in [6.45, 7) is 4.08. The molecule has 172 valence electrons. The van der Waals surface area contributed by atoms with Crippen molar-refractivity contribution in [3.8, 4) is 33.9 Å². The molecule has 2 aromatic carbocycles. The molecule has 0 aliphatic heterocycles. The lowest BCUT2D eigenvalue weighted by Gasteiger charge is -2.12. The van der Waals surface area contributed by atoms with Gasteiger partial charge in [0.05, 0.1) is 31.3 Å². The molecule has 7 nitrogen and oxygen atoms in total. The molecule has 0 aliphatic carbocycles. The van der Waals surface area contributed by atoms with E-state index in [9.17, 15) is 0 Å². The van der Waals surface area contributed by atoms with Gasteiger partial charge < -0.3 is 19.2 Å². The number of hydrogen-bond acceptors (Lipinski definition) is 5. The van der Waals surface area contributed by atoms with Gasteiger partial charge in [-0.1, -0.05) is 12.1 Å². The molecule has 0 atom stereocenters. The van der Waals surface area contributed by atoms with Crippen molar-refractivity contribution in [1.82, 2.24) is 19.2 Å². The van der Waals surface area contributed by atoms with Gasteiger partial charge in [0, 0.05) is 53.6 Å². The Bertz CT molecular complexity index is 1500. The second-order valence-electron chi connectivity index (χ2n) is 8.24. The monoisotopic (exact) mass is 453 g/mol. The molecule has 3 aromatic heterocycles. The zero-order chi connectivity index (χ0) is 23.8. The maximum atomic E-state index is 5.72. The van der Waals surface area contributed by atoms with Crippen LogP contribution in [0.5, 0.6) is 11.5 Å². The largest absolute Gasteiger partial charge is 0.497 e. The maximum Gasteiger partial charge on any atom is 0.161 e. The Balaban J connectivity index is 1.53. The first-order valence-corrected chi connectivity index (χ1v) is 11.1. The summed E-state index contributed by atoms with van der Waals surface area (Å²) in [6.07, 6.45) is 4.04. The van der Waals surface area contributed by atoms with E-state index in [0.717, 1.165) is 62.3 Å². The first-order valence-electron chi connectivity index (χ1n) is 11.1. The van der Waals surface area contributed by atoms with Gasteiger partial charge in [-0.25, -0.2) is 4.98 Å². The number of aromatic nitrogens is 4. The summed E-state index contributed by atoms with van der Waals surface area (Å²) < 4.78 is 15.0. The molecule has 34 heavy (non-hydrogen) atoms. The number of hydrogen-bond donors (Lipinski definition) is 1. The van der Waals surface area contributed by atoms with Crippen LogP contribution in [0.4, 0.5) is 11.4 Å². The van der Waals surface area contributed by atoms with E-state index in [-0.39, 0.29) is 0 Å². The SMILES string of the molecule is COc1cccc(-c2nc3c(Nc4ccc(-c5cn(C)nc5C)c(OC)c4)cccn3c2C)c1. The number of methoxy groups -OCH3 is 2. The quantitative estimate of drug-likeness (QED) is 0.353. The first kappa shape index (κ1) is 21.6. The van der Waals surface area contributed by atoms with Crippen LogP contribution in [0, 0.1) is 13.8 Å². The van der Waals surface area contributed by atoms with Gasteiger partial charge in [-0.05, 0) is 50.2 Å². The molecule has 7 heteroatoms. The van der Waals surface area contributed by atoms with Crippen molar-refractivity contribution in [1.29, 1.82) is 0 Å². The number of aryl methyl sites for hydroxylation is 3. The Morgan fingerprint density at radius 3 is 2.50 bits per heavy atom. The van der Waals surface area contributed by atoms with Crippen molar-refractivity contribution in [2.24, 2.45) is 7.05 Å². The van der Waals surface area contributed by atoms with E-state index < -0.39 is 0 Å². The van der Waals surface area contributed by atoms with Crippen LogP contribution in [0.2, 0.25) is 0 Å². The molecule has 0 unspecified atom stereocenters. The Kier molecular flexibility index (Phi) is 5.45. The lowest BCUT2D eigenvalue weighted by molar-refractivity contribution is 0.415. The highest BCUT2D eigenvalue weighted by atomic mass is 16.5. The lowest BCUT2D eigenvalue weighted by Crippen LogP contribution is -1.97. The third-order valence-electron chi connectivity index (χ3n) is 6.02. The van der Waals surface area contributed by atoms with Crippen molar-refractivity contribution >= 4 is 17.0 Å². The number of pyridine rings is 1. The average molecular weight is 454 g/mol. The molecule has 0 amide bonds. The van der Waals surface area contributed by atoms with Crippen molar-refractivity contribution in [3.63, 3.8) is 0 Å². The standard InChI is InChI=1S/C27H27N5O2/c1-17-23(16-31(3)30-17)22-12-11-20(15-25(22)34-5)28-24-10-7-13-32-18(2)26(29-27(24)32)19-8-6-9-21(14-19)33-4/h6-16,28H,1-5H3. The predicted molar refractivity (Wildman–Crippen MR) is 135 cm³/mol. The molecule has 0 fully saturated rings. The highest BCUT2D eigenvalue weighted by Gasteiger charge is 2.16. The second-order valence-corrected chi connectivity index (χ2v) is 8.24. The van der Waals surface area contributed by atoms with Crippen LogP contribution in [0.3, 0.4) is 0 Å². The molecule has 0 bridgehead atoms. The fourth-order valence-electron chi connectivity index (χ4n) is 4.34. The van der Waals surface area contributed by atoms with Crippen LogP contribution in [-0.4, -0.2) is 33.4 Å². The third kappa shape index (κ3) is 3.75. The Morgan fingerprint density at radius 2 is 1.76 bits per heavy atom. The van der Waals surface area contributed by atoms with E-state index in [4.69, 9.17) is 14.5 Å². The molecular formula is C27H27N5O2. The van der Waals surface area contributed by atoms with Crippen molar-refractivity contribution < 1.29 is 9.47 Å². The zero-order valence-electron chi connectivity index (χ0n) is 20.0. The van der Waals surface area contributed by atoms with Gasteiger partial charge in [0.15, 0.2) is 5.65 Å². The van der Waals surface area contributed by atoms with E-state index in [1.54, 1.807) is 14.2 Å². The molecule has 3 heterocycles. The van der Waals surface area contributed by atoms with Gasteiger partial charge >= 0.3 is 0 Å². The smallest absolute Gasteiger partial charge is 0.161 e. The van der Waals surface area contributed by atoms with E-state index in [1.807, 2.05) is 73.5 Å².